The van der Waals surface area contributed by atoms with Gasteiger partial charge in [-0.2, -0.15) is 13.2 Å². The molecular formula is C15H19F3IN5O2S2. The Kier molecular flexibility index (Phi) is 9.59. The van der Waals surface area contributed by atoms with E-state index in [0.717, 1.165) is 16.7 Å². The van der Waals surface area contributed by atoms with Gasteiger partial charge >= 0.3 is 6.18 Å². The lowest BCUT2D eigenvalue weighted by Gasteiger charge is -2.11. The largest absolute Gasteiger partial charge is 0.434 e. The summed E-state index contributed by atoms with van der Waals surface area (Å²) in [6.45, 7) is 0.404. The van der Waals surface area contributed by atoms with Gasteiger partial charge in [0.05, 0.1) is 11.4 Å². The molecule has 1 heterocycles. The smallest absolute Gasteiger partial charge is 0.355 e. The van der Waals surface area contributed by atoms with Crippen LogP contribution in [0.25, 0.3) is 0 Å². The Morgan fingerprint density at radius 3 is 2.43 bits per heavy atom. The second-order valence-electron chi connectivity index (χ2n) is 5.19. The molecule has 2 rings (SSSR count). The minimum atomic E-state index is -4.47. The van der Waals surface area contributed by atoms with Crippen LogP contribution in [-0.2, 0) is 22.7 Å². The molecule has 0 bridgehead atoms. The second kappa shape index (κ2) is 10.9. The molecule has 0 aliphatic heterocycles. The highest BCUT2D eigenvalue weighted by Crippen LogP contribution is 2.29. The molecule has 0 atom stereocenters. The number of aromatic nitrogens is 1. The molecule has 0 amide bonds. The average Bonchev–Trinajstić information content (AvgIpc) is 3.11. The zero-order valence-corrected chi connectivity index (χ0v) is 18.6. The fraction of sp³-hybridized carbons (Fsp3) is 0.333. The van der Waals surface area contributed by atoms with Crippen LogP contribution in [0.2, 0.25) is 0 Å². The van der Waals surface area contributed by atoms with E-state index in [2.05, 4.69) is 25.3 Å². The molecule has 0 aliphatic carbocycles. The zero-order chi connectivity index (χ0) is 19.9. The van der Waals surface area contributed by atoms with Gasteiger partial charge in [-0.3, -0.25) is 4.99 Å². The van der Waals surface area contributed by atoms with E-state index < -0.39 is 21.9 Å². The van der Waals surface area contributed by atoms with Crippen molar-refractivity contribution < 1.29 is 21.6 Å². The molecule has 0 radical (unpaired) electrons. The first kappa shape index (κ1) is 24.6. The van der Waals surface area contributed by atoms with Crippen LogP contribution in [0.15, 0.2) is 45.6 Å². The lowest BCUT2D eigenvalue weighted by atomic mass is 10.4. The van der Waals surface area contributed by atoms with Crippen LogP contribution in [0.5, 0.6) is 0 Å². The van der Waals surface area contributed by atoms with Crippen LogP contribution in [-0.4, -0.2) is 39.5 Å². The Hall–Kier alpha value is -1.45. The number of thiazole rings is 1. The van der Waals surface area contributed by atoms with Gasteiger partial charge in [0.1, 0.15) is 5.01 Å². The lowest BCUT2D eigenvalue weighted by molar-refractivity contribution is -0.140. The number of benzene rings is 1. The summed E-state index contributed by atoms with van der Waals surface area (Å²) in [4.78, 5) is 7.59. The predicted octanol–water partition coefficient (Wildman–Crippen LogP) is 2.42. The topological polar surface area (TPSA) is 95.5 Å². The van der Waals surface area contributed by atoms with E-state index in [-0.39, 0.29) is 53.5 Å². The van der Waals surface area contributed by atoms with E-state index >= 15 is 0 Å². The maximum Gasteiger partial charge on any atom is 0.434 e. The molecule has 0 unspecified atom stereocenters. The van der Waals surface area contributed by atoms with Crippen molar-refractivity contribution >= 4 is 51.3 Å². The number of rotatable bonds is 7. The first-order valence-corrected chi connectivity index (χ1v) is 10.1. The highest BCUT2D eigenvalue weighted by atomic mass is 127. The van der Waals surface area contributed by atoms with E-state index in [1.807, 2.05) is 0 Å². The molecule has 1 aromatic carbocycles. The maximum absolute atomic E-state index is 12.5. The van der Waals surface area contributed by atoms with E-state index in [4.69, 9.17) is 0 Å². The predicted molar refractivity (Wildman–Crippen MR) is 112 cm³/mol. The summed E-state index contributed by atoms with van der Waals surface area (Å²) in [7, 11) is -2.10. The summed E-state index contributed by atoms with van der Waals surface area (Å²) in [5.74, 6) is 0.317. The molecule has 0 aliphatic rings. The van der Waals surface area contributed by atoms with Crippen LogP contribution >= 0.6 is 35.3 Å². The maximum atomic E-state index is 12.5. The van der Waals surface area contributed by atoms with Gasteiger partial charge in [0.15, 0.2) is 11.7 Å². The van der Waals surface area contributed by atoms with Crippen LogP contribution in [0, 0.1) is 0 Å². The molecule has 156 valence electrons. The number of hydrogen-bond acceptors (Lipinski definition) is 5. The molecule has 0 fully saturated rings. The standard InChI is InChI=1S/C15H18F3N5O2S2.HI/c1-19-14(21-9-13-23-12(10-26-13)15(16,17)18)20-7-8-22-27(24,25)11-5-3-2-4-6-11;/h2-6,10,22H,7-9H2,1H3,(H2,19,20,21);1H. The Labute approximate surface area is 181 Å². The number of sulfonamides is 1. The molecule has 28 heavy (non-hydrogen) atoms. The third-order valence-corrected chi connectivity index (χ3v) is 5.56. The number of guanidine groups is 1. The minimum Gasteiger partial charge on any atom is -0.355 e. The summed E-state index contributed by atoms with van der Waals surface area (Å²) in [5, 5.41) is 6.90. The van der Waals surface area contributed by atoms with E-state index in [1.54, 1.807) is 18.2 Å². The van der Waals surface area contributed by atoms with E-state index in [0.29, 0.717) is 5.96 Å². The number of halogens is 4. The fourth-order valence-electron chi connectivity index (χ4n) is 1.95. The van der Waals surface area contributed by atoms with Gasteiger partial charge in [-0.05, 0) is 12.1 Å². The van der Waals surface area contributed by atoms with E-state index in [9.17, 15) is 21.6 Å². The molecular weight excluding hydrogens is 530 g/mol. The third-order valence-electron chi connectivity index (χ3n) is 3.24. The SMILES string of the molecule is CN=C(NCCNS(=O)(=O)c1ccccc1)NCc1nc(C(F)(F)F)cs1.I. The highest BCUT2D eigenvalue weighted by Gasteiger charge is 2.33. The number of nitrogens with one attached hydrogen (secondary N) is 3. The Morgan fingerprint density at radius 1 is 1.18 bits per heavy atom. The van der Waals surface area contributed by atoms with Crippen molar-refractivity contribution in [2.45, 2.75) is 17.6 Å². The highest BCUT2D eigenvalue weighted by molar-refractivity contribution is 14.0. The van der Waals surface area contributed by atoms with E-state index in [1.165, 1.54) is 19.2 Å². The van der Waals surface area contributed by atoms with Crippen molar-refractivity contribution in [3.63, 3.8) is 0 Å². The first-order chi connectivity index (χ1) is 12.7. The van der Waals surface area contributed by atoms with Gasteiger partial charge in [-0.25, -0.2) is 18.1 Å². The fourth-order valence-corrected chi connectivity index (χ4v) is 3.74. The van der Waals surface area contributed by atoms with Crippen LogP contribution < -0.4 is 15.4 Å². The molecule has 7 nitrogen and oxygen atoms in total. The molecule has 2 aromatic rings. The van der Waals surface area contributed by atoms with Crippen molar-refractivity contribution in [3.05, 3.63) is 46.4 Å². The van der Waals surface area contributed by atoms with Gasteiger partial charge in [-0.1, -0.05) is 18.2 Å². The lowest BCUT2D eigenvalue weighted by Crippen LogP contribution is -2.41. The third kappa shape index (κ3) is 7.52. The normalized spacial score (nSPS) is 12.4. The number of aliphatic imine (C=N–C) groups is 1. The monoisotopic (exact) mass is 549 g/mol. The van der Waals surface area contributed by atoms with Crippen molar-refractivity contribution in [1.82, 2.24) is 20.3 Å². The summed E-state index contributed by atoms with van der Waals surface area (Å²) in [5.41, 5.74) is -0.928. The molecule has 0 saturated carbocycles. The van der Waals surface area contributed by atoms with Crippen molar-refractivity contribution in [2.24, 2.45) is 4.99 Å². The number of alkyl halides is 3. The van der Waals surface area contributed by atoms with Gasteiger partial charge in [0, 0.05) is 25.5 Å². The Balaban J connectivity index is 0.00000392. The quantitative estimate of drug-likeness (QED) is 0.214. The van der Waals surface area contributed by atoms with Gasteiger partial charge in [0.2, 0.25) is 10.0 Å². The van der Waals surface area contributed by atoms with Gasteiger partial charge in [-0.15, -0.1) is 35.3 Å². The average molecular weight is 549 g/mol. The van der Waals surface area contributed by atoms with Gasteiger partial charge in [0.25, 0.3) is 0 Å². The van der Waals surface area contributed by atoms with Crippen LogP contribution in [0.4, 0.5) is 13.2 Å². The van der Waals surface area contributed by atoms with Crippen LogP contribution in [0.3, 0.4) is 0 Å². The summed E-state index contributed by atoms with van der Waals surface area (Å²) >= 11 is 0.890. The molecule has 0 saturated heterocycles. The summed E-state index contributed by atoms with van der Waals surface area (Å²) in [6, 6.07) is 7.94. The van der Waals surface area contributed by atoms with Gasteiger partial charge < -0.3 is 10.6 Å². The van der Waals surface area contributed by atoms with Crippen molar-refractivity contribution in [2.75, 3.05) is 20.1 Å². The van der Waals surface area contributed by atoms with Crippen molar-refractivity contribution in [1.29, 1.82) is 0 Å². The van der Waals surface area contributed by atoms with Crippen molar-refractivity contribution in [3.8, 4) is 0 Å². The minimum absolute atomic E-state index is 0. The summed E-state index contributed by atoms with van der Waals surface area (Å²) in [6.07, 6.45) is -4.47. The second-order valence-corrected chi connectivity index (χ2v) is 7.90. The molecule has 3 N–H and O–H groups in total. The Morgan fingerprint density at radius 2 is 1.86 bits per heavy atom. The molecule has 1 aromatic heterocycles. The number of hydrogen-bond donors (Lipinski definition) is 3. The first-order valence-electron chi connectivity index (χ1n) is 7.73. The molecule has 13 heteroatoms. The Bertz CT molecular complexity index is 873. The summed E-state index contributed by atoms with van der Waals surface area (Å²) < 4.78 is 64.1. The van der Waals surface area contributed by atoms with Crippen LogP contribution in [0.1, 0.15) is 10.7 Å². The number of nitrogens with zero attached hydrogens (tertiary/aromatic N) is 2. The zero-order valence-electron chi connectivity index (χ0n) is 14.7. The molecule has 0 spiro atoms.